The van der Waals surface area contributed by atoms with E-state index < -0.39 is 49.5 Å². The molecule has 9 aromatic carbocycles. The van der Waals surface area contributed by atoms with Crippen LogP contribution in [0.15, 0.2) is 200 Å². The van der Waals surface area contributed by atoms with E-state index in [2.05, 4.69) is 4.98 Å². The highest BCUT2D eigenvalue weighted by molar-refractivity contribution is 6.22. The topological polar surface area (TPSA) is 17.8 Å². The number of nitrogens with zero attached hydrogens (tertiary/aromatic N) is 2. The van der Waals surface area contributed by atoms with Gasteiger partial charge >= 0.3 is 0 Å². The van der Waals surface area contributed by atoms with Crippen LogP contribution >= 0.6 is 0 Å². The maximum absolute atomic E-state index is 8.86. The summed E-state index contributed by atoms with van der Waals surface area (Å²) in [6, 6.07) is 38.5. The molecule has 0 aliphatic rings. The van der Waals surface area contributed by atoms with E-state index in [9.17, 15) is 0 Å². The fourth-order valence-electron chi connectivity index (χ4n) is 7.58. The minimum absolute atomic E-state index is 0.0326. The number of hydrogen-bond donors (Lipinski definition) is 0. The monoisotopic (exact) mass is 717 g/mol. The summed E-state index contributed by atoms with van der Waals surface area (Å²) >= 11 is 0. The van der Waals surface area contributed by atoms with Crippen molar-refractivity contribution in [2.75, 3.05) is 0 Å². The van der Waals surface area contributed by atoms with E-state index in [4.69, 9.17) is 20.6 Å². The molecule has 0 aliphatic heterocycles. The van der Waals surface area contributed by atoms with Crippen molar-refractivity contribution in [3.63, 3.8) is 0 Å². The Balaban J connectivity index is 1.15. The number of fused-ring (bicyclic) bond motifs is 3. The first-order valence-electron chi connectivity index (χ1n) is 25.2. The maximum Gasteiger partial charge on any atom is 0.114 e. The molecule has 0 aliphatic carbocycles. The van der Waals surface area contributed by atoms with Gasteiger partial charge in [0.25, 0.3) is 0 Å². The molecule has 0 unspecified atom stereocenters. The Morgan fingerprint density at radius 1 is 0.473 bits per heavy atom. The van der Waals surface area contributed by atoms with Gasteiger partial charge in [-0.15, -0.1) is 0 Å². The second-order valence-corrected chi connectivity index (χ2v) is 13.1. The standard InChI is InChI=1S/C53H38N2/c1-2-51-54-49-22-11-12-23-50(49)55(51)44-31-28-39(29-32-44)38-24-26-40(27-25-38)52-45-20-9-10-21-46(45)53(43-19-13-18-41(34-43)36-14-5-3-6-15-36)48-35-42(30-33-47(48)52)37-16-7-4-8-17-37/h3-35H,2H2,1H3/i1D3,2D2,3D,4D,5D,6D,7D,8D,14D,15D,16D,17D. The molecule has 2 nitrogen and oxygen atoms in total. The van der Waals surface area contributed by atoms with E-state index in [1.54, 1.807) is 65.2 Å². The molecule has 0 amide bonds. The van der Waals surface area contributed by atoms with E-state index in [0.717, 1.165) is 44.0 Å². The van der Waals surface area contributed by atoms with Gasteiger partial charge in [0.2, 0.25) is 0 Å². The fraction of sp³-hybridized carbons (Fsp3) is 0.0377. The first-order chi connectivity index (χ1) is 33.3. The van der Waals surface area contributed by atoms with Gasteiger partial charge in [-0.25, -0.2) is 4.98 Å². The minimum atomic E-state index is -2.97. The Morgan fingerprint density at radius 2 is 1.02 bits per heavy atom. The molecule has 2 heteroatoms. The van der Waals surface area contributed by atoms with Crippen molar-refractivity contribution >= 4 is 32.6 Å². The van der Waals surface area contributed by atoms with E-state index in [1.807, 2.05) is 78.9 Å². The minimum Gasteiger partial charge on any atom is -0.296 e. The van der Waals surface area contributed by atoms with E-state index in [-0.39, 0.29) is 41.1 Å². The van der Waals surface area contributed by atoms with Gasteiger partial charge in [0, 0.05) is 18.9 Å². The highest BCUT2D eigenvalue weighted by Crippen LogP contribution is 2.45. The number of hydrogen-bond acceptors (Lipinski definition) is 1. The fourth-order valence-corrected chi connectivity index (χ4v) is 7.58. The van der Waals surface area contributed by atoms with Crippen LogP contribution in [0.2, 0.25) is 0 Å². The molecule has 0 radical (unpaired) electrons. The summed E-state index contributed by atoms with van der Waals surface area (Å²) in [6.07, 6.45) is -2.74. The van der Waals surface area contributed by atoms with Crippen LogP contribution in [0.25, 0.3) is 93.9 Å². The zero-order valence-corrected chi connectivity index (χ0v) is 29.2. The summed E-state index contributed by atoms with van der Waals surface area (Å²) < 4.78 is 128. The first kappa shape index (κ1) is 20.4. The predicted molar refractivity (Wildman–Crippen MR) is 233 cm³/mol. The predicted octanol–water partition coefficient (Wildman–Crippen LogP) is 14.2. The van der Waals surface area contributed by atoms with Gasteiger partial charge in [0.05, 0.1) is 24.7 Å². The number of aromatic nitrogens is 2. The molecule has 1 heterocycles. The number of imidazole rings is 1. The molecule has 0 saturated carbocycles. The Morgan fingerprint density at radius 3 is 1.71 bits per heavy atom. The average Bonchev–Trinajstić information content (AvgIpc) is 3.76. The van der Waals surface area contributed by atoms with Crippen LogP contribution in [-0.2, 0) is 6.37 Å². The SMILES string of the molecule is [2H]c1c([2H])c([2H])c(-c2cccc(-c3c4ccccc4c(-c4ccc(-c5ccc(-n6c(C([2H])([2H])C([2H])([2H])[2H])nc7ccccc76)cc5)cc4)c4ccc(-c5c([2H])c([2H])c([2H])c([2H])c5[2H])cc34)c2)c([2H])c1[2H]. The van der Waals surface area contributed by atoms with Crippen LogP contribution < -0.4 is 0 Å². The molecule has 0 N–H and O–H groups in total. The second kappa shape index (κ2) is 13.7. The summed E-state index contributed by atoms with van der Waals surface area (Å²) in [6.45, 7) is -2.97. The summed E-state index contributed by atoms with van der Waals surface area (Å²) in [4.78, 5) is 4.44. The quantitative estimate of drug-likeness (QED) is 0.150. The lowest BCUT2D eigenvalue weighted by molar-refractivity contribution is 0.908. The van der Waals surface area contributed by atoms with Crippen LogP contribution in [0.1, 0.15) is 33.2 Å². The van der Waals surface area contributed by atoms with E-state index in [1.165, 1.54) is 0 Å². The van der Waals surface area contributed by atoms with Crippen molar-refractivity contribution in [1.29, 1.82) is 0 Å². The summed E-state index contributed by atoms with van der Waals surface area (Å²) in [5.74, 6) is -0.224. The van der Waals surface area contributed by atoms with Gasteiger partial charge in [0.1, 0.15) is 5.82 Å². The van der Waals surface area contributed by atoms with E-state index >= 15 is 0 Å². The largest absolute Gasteiger partial charge is 0.296 e. The Kier molecular flexibility index (Phi) is 5.11. The molecule has 260 valence electrons. The van der Waals surface area contributed by atoms with Gasteiger partial charge in [0.15, 0.2) is 0 Å². The number of aryl methyl sites for hydroxylation is 1. The third-order valence-electron chi connectivity index (χ3n) is 10.1. The number of benzene rings is 9. The average molecular weight is 718 g/mol. The molecule has 0 saturated heterocycles. The molecule has 0 bridgehead atoms. The van der Waals surface area contributed by atoms with Crippen molar-refractivity contribution < 1.29 is 20.6 Å². The lowest BCUT2D eigenvalue weighted by Gasteiger charge is -2.19. The van der Waals surface area contributed by atoms with Crippen molar-refractivity contribution in [2.24, 2.45) is 0 Å². The second-order valence-electron chi connectivity index (χ2n) is 13.1. The van der Waals surface area contributed by atoms with Crippen LogP contribution in [0.4, 0.5) is 0 Å². The molecular formula is C53H38N2. The van der Waals surface area contributed by atoms with Crippen LogP contribution in [0.5, 0.6) is 0 Å². The first-order valence-corrected chi connectivity index (χ1v) is 17.7. The van der Waals surface area contributed by atoms with Crippen molar-refractivity contribution in [2.45, 2.75) is 13.2 Å². The number of rotatable bonds is 7. The molecule has 10 rings (SSSR count). The van der Waals surface area contributed by atoms with Crippen LogP contribution in [-0.4, -0.2) is 9.55 Å². The molecule has 55 heavy (non-hydrogen) atoms. The number of para-hydroxylation sites is 2. The third-order valence-corrected chi connectivity index (χ3v) is 10.1. The Bertz CT molecular complexity index is 3730. The van der Waals surface area contributed by atoms with Gasteiger partial charge in [-0.2, -0.15) is 0 Å². The molecule has 10 aromatic rings. The van der Waals surface area contributed by atoms with Crippen LogP contribution in [0.3, 0.4) is 0 Å². The molecular weight excluding hydrogens is 665 g/mol. The smallest absolute Gasteiger partial charge is 0.114 e. The van der Waals surface area contributed by atoms with Gasteiger partial charge in [-0.05, 0) is 114 Å². The zero-order chi connectivity index (χ0) is 49.7. The molecule has 1 aromatic heterocycles. The van der Waals surface area contributed by atoms with Crippen molar-refractivity contribution in [3.8, 4) is 61.3 Å². The normalized spacial score (nSPS) is 15.8. The third kappa shape index (κ3) is 5.80. The van der Waals surface area contributed by atoms with E-state index in [0.29, 0.717) is 38.8 Å². The zero-order valence-electron chi connectivity index (χ0n) is 44.2. The molecule has 0 spiro atoms. The lowest BCUT2D eigenvalue weighted by atomic mass is 9.84. The van der Waals surface area contributed by atoms with Crippen molar-refractivity contribution in [3.05, 3.63) is 206 Å². The lowest BCUT2D eigenvalue weighted by Crippen LogP contribution is -1.99. The summed E-state index contributed by atoms with van der Waals surface area (Å²) in [7, 11) is 0. The van der Waals surface area contributed by atoms with Gasteiger partial charge < -0.3 is 0 Å². The Labute approximate surface area is 342 Å². The summed E-state index contributed by atoms with van der Waals surface area (Å²) in [5.41, 5.74) is 7.21. The Hall–Kier alpha value is -7.03. The highest BCUT2D eigenvalue weighted by atomic mass is 15.1. The van der Waals surface area contributed by atoms with Crippen molar-refractivity contribution in [1.82, 2.24) is 9.55 Å². The maximum atomic E-state index is 8.86. The van der Waals surface area contributed by atoms with Gasteiger partial charge in [-0.1, -0.05) is 170 Å². The van der Waals surface area contributed by atoms with Crippen LogP contribution in [0, 0.1) is 0 Å². The molecule has 0 fully saturated rings. The highest BCUT2D eigenvalue weighted by Gasteiger charge is 2.18. The summed E-state index contributed by atoms with van der Waals surface area (Å²) in [5, 5.41) is 3.11. The van der Waals surface area contributed by atoms with Gasteiger partial charge in [-0.3, -0.25) is 4.57 Å². The molecule has 0 atom stereocenters.